The lowest BCUT2D eigenvalue weighted by Gasteiger charge is -2.07. The predicted octanol–water partition coefficient (Wildman–Crippen LogP) is 4.26. The van der Waals surface area contributed by atoms with Gasteiger partial charge in [-0.25, -0.2) is 0 Å². The van der Waals surface area contributed by atoms with Gasteiger partial charge < -0.3 is 0 Å². The summed E-state index contributed by atoms with van der Waals surface area (Å²) in [6.45, 7) is 0. The van der Waals surface area contributed by atoms with Crippen LogP contribution in [0.15, 0.2) is 18.2 Å². The van der Waals surface area contributed by atoms with Gasteiger partial charge in [0.25, 0.3) is 0 Å². The maximum absolute atomic E-state index is 5.73. The van der Waals surface area contributed by atoms with Crippen LogP contribution in [0.2, 0.25) is 0 Å². The first kappa shape index (κ1) is 11.5. The third-order valence-electron chi connectivity index (χ3n) is 1.93. The van der Waals surface area contributed by atoms with Crippen molar-refractivity contribution in [3.8, 4) is 0 Å². The molecule has 0 aliphatic heterocycles. The van der Waals surface area contributed by atoms with E-state index >= 15 is 0 Å². The Morgan fingerprint density at radius 3 is 2.38 bits per heavy atom. The van der Waals surface area contributed by atoms with Crippen LogP contribution in [0, 0.1) is 0 Å². The number of halogens is 3. The van der Waals surface area contributed by atoms with Crippen LogP contribution in [0.1, 0.15) is 16.7 Å². The minimum atomic E-state index is 0.686. The summed E-state index contributed by atoms with van der Waals surface area (Å²) >= 11 is 12.6. The maximum Gasteiger partial charge on any atom is 0.0285 e. The van der Waals surface area contributed by atoms with Gasteiger partial charge >= 0.3 is 0 Å². The molecule has 1 aromatic rings. The molecule has 3 heteroatoms. The fourth-order valence-corrected chi connectivity index (χ4v) is 2.33. The molecule has 0 N–H and O–H groups in total. The molecule has 72 valence electrons. The van der Waals surface area contributed by atoms with E-state index in [1.54, 1.807) is 0 Å². The molecular formula is C10H11Br2Cl. The molecule has 0 aromatic heterocycles. The predicted molar refractivity (Wildman–Crippen MR) is 66.1 cm³/mol. The van der Waals surface area contributed by atoms with Crippen molar-refractivity contribution in [3.05, 3.63) is 34.9 Å². The number of rotatable bonds is 4. The van der Waals surface area contributed by atoms with Gasteiger partial charge in [0.15, 0.2) is 0 Å². The molecule has 0 saturated carbocycles. The second-order valence-corrected chi connectivity index (χ2v) is 4.31. The molecule has 0 bridgehead atoms. The summed E-state index contributed by atoms with van der Waals surface area (Å²) in [5.41, 5.74) is 4.00. The van der Waals surface area contributed by atoms with Crippen molar-refractivity contribution >= 4 is 43.5 Å². The van der Waals surface area contributed by atoms with Crippen LogP contribution in [0.25, 0.3) is 0 Å². The van der Waals surface area contributed by atoms with Crippen LogP contribution in [-0.2, 0) is 17.1 Å². The van der Waals surface area contributed by atoms with Crippen molar-refractivity contribution in [2.45, 2.75) is 17.1 Å². The number of benzene rings is 1. The van der Waals surface area contributed by atoms with Crippen LogP contribution < -0.4 is 0 Å². The smallest absolute Gasteiger partial charge is 0.0285 e. The van der Waals surface area contributed by atoms with Crippen LogP contribution in [0.5, 0.6) is 0 Å². The molecule has 0 aliphatic carbocycles. The summed E-state index contributed by atoms with van der Waals surface area (Å²) in [6, 6.07) is 6.52. The fraction of sp³-hybridized carbons (Fsp3) is 0.400. The van der Waals surface area contributed by atoms with Crippen molar-refractivity contribution in [1.82, 2.24) is 0 Å². The van der Waals surface area contributed by atoms with Gasteiger partial charge in [0.2, 0.25) is 0 Å². The highest BCUT2D eigenvalue weighted by molar-refractivity contribution is 9.08. The molecule has 1 aromatic carbocycles. The van der Waals surface area contributed by atoms with E-state index in [1.807, 2.05) is 0 Å². The summed E-state index contributed by atoms with van der Waals surface area (Å²) in [7, 11) is 0. The van der Waals surface area contributed by atoms with Crippen LogP contribution in [-0.4, -0.2) is 5.88 Å². The van der Waals surface area contributed by atoms with Crippen molar-refractivity contribution in [2.24, 2.45) is 0 Å². The molecule has 0 aliphatic rings. The Morgan fingerprint density at radius 2 is 1.85 bits per heavy atom. The molecule has 1 rings (SSSR count). The fourth-order valence-electron chi connectivity index (χ4n) is 1.23. The minimum absolute atomic E-state index is 0.686. The quantitative estimate of drug-likeness (QED) is 0.725. The first-order valence-corrected chi connectivity index (χ1v) is 6.88. The van der Waals surface area contributed by atoms with Crippen molar-refractivity contribution in [2.75, 3.05) is 5.88 Å². The topological polar surface area (TPSA) is 0 Å². The van der Waals surface area contributed by atoms with E-state index in [2.05, 4.69) is 50.1 Å². The lowest BCUT2D eigenvalue weighted by molar-refractivity contribution is 1.10. The standard InChI is InChI=1S/C10H11Br2Cl/c11-6-8-1-2-10(7-12)9(5-8)3-4-13/h1-2,5H,3-4,6-7H2. The van der Waals surface area contributed by atoms with Gasteiger partial charge in [-0.1, -0.05) is 50.1 Å². The highest BCUT2D eigenvalue weighted by atomic mass is 79.9. The summed E-state index contributed by atoms with van der Waals surface area (Å²) < 4.78 is 0. The molecule has 0 amide bonds. The Bertz CT molecular complexity index is 274. The number of aryl methyl sites for hydroxylation is 1. The molecule has 0 fully saturated rings. The van der Waals surface area contributed by atoms with Gasteiger partial charge in [0.05, 0.1) is 0 Å². The first-order chi connectivity index (χ1) is 6.31. The first-order valence-electron chi connectivity index (χ1n) is 4.10. The summed E-state index contributed by atoms with van der Waals surface area (Å²) in [6.07, 6.45) is 0.948. The average Bonchev–Trinajstić information content (AvgIpc) is 2.18. The van der Waals surface area contributed by atoms with Crippen LogP contribution in [0.4, 0.5) is 0 Å². The van der Waals surface area contributed by atoms with E-state index < -0.39 is 0 Å². The van der Waals surface area contributed by atoms with Crippen LogP contribution in [0.3, 0.4) is 0 Å². The summed E-state index contributed by atoms with van der Waals surface area (Å²) in [5.74, 6) is 0.686. The summed E-state index contributed by atoms with van der Waals surface area (Å²) in [5, 5.41) is 1.81. The third-order valence-corrected chi connectivity index (χ3v) is 3.37. The summed E-state index contributed by atoms with van der Waals surface area (Å²) in [4.78, 5) is 0. The molecule has 0 saturated heterocycles. The van der Waals surface area contributed by atoms with Gasteiger partial charge in [-0.05, 0) is 23.1 Å². The van der Waals surface area contributed by atoms with Crippen molar-refractivity contribution < 1.29 is 0 Å². The van der Waals surface area contributed by atoms with Gasteiger partial charge in [-0.15, -0.1) is 11.6 Å². The van der Waals surface area contributed by atoms with E-state index in [0.29, 0.717) is 5.88 Å². The number of hydrogen-bond acceptors (Lipinski definition) is 0. The molecule has 0 unspecified atom stereocenters. The normalized spacial score (nSPS) is 10.4. The molecule has 0 nitrogen and oxygen atoms in total. The number of hydrogen-bond donors (Lipinski definition) is 0. The van der Waals surface area contributed by atoms with Gasteiger partial charge in [0, 0.05) is 16.5 Å². The molecule has 0 spiro atoms. The Morgan fingerprint density at radius 1 is 1.08 bits per heavy atom. The Balaban J connectivity index is 2.95. The second kappa shape index (κ2) is 6.05. The van der Waals surface area contributed by atoms with E-state index in [-0.39, 0.29) is 0 Å². The van der Waals surface area contributed by atoms with Gasteiger partial charge in [-0.3, -0.25) is 0 Å². The van der Waals surface area contributed by atoms with E-state index in [9.17, 15) is 0 Å². The molecule has 0 atom stereocenters. The SMILES string of the molecule is ClCCc1cc(CBr)ccc1CBr. The molecule has 13 heavy (non-hydrogen) atoms. The lowest BCUT2D eigenvalue weighted by atomic mass is 10.0. The average molecular weight is 326 g/mol. The largest absolute Gasteiger partial charge is 0.126 e. The van der Waals surface area contributed by atoms with E-state index in [4.69, 9.17) is 11.6 Å². The van der Waals surface area contributed by atoms with Crippen LogP contribution >= 0.6 is 43.5 Å². The zero-order chi connectivity index (χ0) is 9.68. The number of alkyl halides is 3. The Kier molecular flexibility index (Phi) is 5.37. The highest BCUT2D eigenvalue weighted by Gasteiger charge is 2.01. The van der Waals surface area contributed by atoms with Gasteiger partial charge in [-0.2, -0.15) is 0 Å². The maximum atomic E-state index is 5.73. The van der Waals surface area contributed by atoms with E-state index in [0.717, 1.165) is 17.1 Å². The lowest BCUT2D eigenvalue weighted by Crippen LogP contribution is -1.94. The highest BCUT2D eigenvalue weighted by Crippen LogP contribution is 2.17. The van der Waals surface area contributed by atoms with Gasteiger partial charge in [0.1, 0.15) is 0 Å². The monoisotopic (exact) mass is 324 g/mol. The van der Waals surface area contributed by atoms with E-state index in [1.165, 1.54) is 16.7 Å². The minimum Gasteiger partial charge on any atom is -0.126 e. The molecule has 0 heterocycles. The third kappa shape index (κ3) is 3.26. The zero-order valence-corrected chi connectivity index (χ0v) is 11.1. The molecular weight excluding hydrogens is 315 g/mol. The molecule has 0 radical (unpaired) electrons. The Labute approximate surface area is 101 Å². The second-order valence-electron chi connectivity index (χ2n) is 2.81. The van der Waals surface area contributed by atoms with Crippen molar-refractivity contribution in [1.29, 1.82) is 0 Å². The zero-order valence-electron chi connectivity index (χ0n) is 7.19. The Hall–Kier alpha value is 0.470. The van der Waals surface area contributed by atoms with Crippen molar-refractivity contribution in [3.63, 3.8) is 0 Å².